The van der Waals surface area contributed by atoms with Gasteiger partial charge >= 0.3 is 7.75 Å². The highest BCUT2D eigenvalue weighted by Crippen LogP contribution is 2.51. The third-order valence-corrected chi connectivity index (χ3v) is 6.05. The van der Waals surface area contributed by atoms with Crippen molar-refractivity contribution in [2.45, 2.75) is 0 Å². The molecular formula is C23H19N2O5P. The van der Waals surface area contributed by atoms with Crippen molar-refractivity contribution in [2.24, 2.45) is 5.10 Å². The summed E-state index contributed by atoms with van der Waals surface area (Å²) >= 11 is 0. The number of hydrogen-bond acceptors (Lipinski definition) is 6. The van der Waals surface area contributed by atoms with Crippen LogP contribution in [0.3, 0.4) is 0 Å². The zero-order valence-electron chi connectivity index (χ0n) is 16.6. The number of rotatable bonds is 7. The third kappa shape index (κ3) is 4.68. The van der Waals surface area contributed by atoms with Gasteiger partial charge in [-0.05, 0) is 36.4 Å². The molecule has 1 aromatic heterocycles. The second kappa shape index (κ2) is 8.90. The smallest absolute Gasteiger partial charge is 0.463 e. The molecule has 0 saturated heterocycles. The molecular weight excluding hydrogens is 415 g/mol. The molecule has 4 rings (SSSR count). The molecule has 0 amide bonds. The predicted molar refractivity (Wildman–Crippen MR) is 120 cm³/mol. The van der Waals surface area contributed by atoms with Gasteiger partial charge in [0.2, 0.25) is 5.43 Å². The van der Waals surface area contributed by atoms with Crippen molar-refractivity contribution in [2.75, 3.05) is 7.05 Å². The Morgan fingerprint density at radius 2 is 1.42 bits per heavy atom. The molecule has 1 heterocycles. The van der Waals surface area contributed by atoms with Crippen LogP contribution in [0.1, 0.15) is 5.56 Å². The van der Waals surface area contributed by atoms with Gasteiger partial charge in [0.1, 0.15) is 23.3 Å². The highest BCUT2D eigenvalue weighted by atomic mass is 31.2. The maximum Gasteiger partial charge on any atom is 0.559 e. The molecule has 3 aromatic carbocycles. The lowest BCUT2D eigenvalue weighted by atomic mass is 10.2. The standard InChI is InChI=1S/C23H19N2O5P/c1-25(24-16-18-17-28-22-15-9-8-14-21(22)23(18)26)31(27,29-19-10-4-2-5-11-19)30-20-12-6-3-7-13-20/h2-17H,1H3/b24-16+. The summed E-state index contributed by atoms with van der Waals surface area (Å²) in [5.74, 6) is 0.711. The summed E-state index contributed by atoms with van der Waals surface area (Å²) in [7, 11) is -2.50. The van der Waals surface area contributed by atoms with Crippen LogP contribution >= 0.6 is 7.75 Å². The number of hydrogen-bond donors (Lipinski definition) is 0. The molecule has 31 heavy (non-hydrogen) atoms. The maximum absolute atomic E-state index is 13.6. The van der Waals surface area contributed by atoms with E-state index >= 15 is 0 Å². The Balaban J connectivity index is 1.65. The van der Waals surface area contributed by atoms with Gasteiger partial charge in [0.05, 0.1) is 17.2 Å². The van der Waals surface area contributed by atoms with Crippen LogP contribution in [0.4, 0.5) is 0 Å². The molecule has 0 radical (unpaired) electrons. The fourth-order valence-electron chi connectivity index (χ4n) is 2.76. The molecule has 156 valence electrons. The second-order valence-electron chi connectivity index (χ2n) is 6.53. The summed E-state index contributed by atoms with van der Waals surface area (Å²) in [5, 5.41) is 4.59. The van der Waals surface area contributed by atoms with Crippen LogP contribution in [0.5, 0.6) is 11.5 Å². The van der Waals surface area contributed by atoms with Gasteiger partial charge in [0.25, 0.3) is 0 Å². The average molecular weight is 434 g/mol. The predicted octanol–water partition coefficient (Wildman–Crippen LogP) is 5.32. The summed E-state index contributed by atoms with van der Waals surface area (Å²) in [6, 6.07) is 24.2. The molecule has 0 unspecified atom stereocenters. The summed E-state index contributed by atoms with van der Waals surface area (Å²) in [5.41, 5.74) is 0.432. The molecule has 0 aliphatic rings. The van der Waals surface area contributed by atoms with Crippen molar-refractivity contribution < 1.29 is 18.0 Å². The number of para-hydroxylation sites is 3. The van der Waals surface area contributed by atoms with E-state index in [4.69, 9.17) is 13.5 Å². The zero-order chi connectivity index (χ0) is 21.7. The van der Waals surface area contributed by atoms with Crippen LogP contribution in [-0.4, -0.2) is 18.0 Å². The van der Waals surface area contributed by atoms with Gasteiger partial charge < -0.3 is 13.5 Å². The lowest BCUT2D eigenvalue weighted by Crippen LogP contribution is -2.18. The molecule has 0 aliphatic heterocycles. The van der Waals surface area contributed by atoms with E-state index in [9.17, 15) is 9.36 Å². The molecule has 0 N–H and O–H groups in total. The van der Waals surface area contributed by atoms with Crippen molar-refractivity contribution in [3.05, 3.63) is 107 Å². The minimum absolute atomic E-state index is 0.205. The lowest BCUT2D eigenvalue weighted by molar-refractivity contribution is 0.312. The fraction of sp³-hybridized carbons (Fsp3) is 0.0435. The third-order valence-electron chi connectivity index (χ3n) is 4.35. The Hall–Kier alpha value is -3.83. The second-order valence-corrected chi connectivity index (χ2v) is 8.41. The first-order chi connectivity index (χ1) is 15.0. The molecule has 0 atom stereocenters. The molecule has 8 heteroatoms. The number of hydrazone groups is 1. The van der Waals surface area contributed by atoms with Crippen LogP contribution in [0, 0.1) is 0 Å². The Labute approximate surface area is 178 Å². The van der Waals surface area contributed by atoms with Crippen LogP contribution in [0.2, 0.25) is 0 Å². The van der Waals surface area contributed by atoms with Gasteiger partial charge in [-0.2, -0.15) is 9.88 Å². The van der Waals surface area contributed by atoms with E-state index < -0.39 is 7.75 Å². The van der Waals surface area contributed by atoms with Crippen LogP contribution in [0.15, 0.2) is 106 Å². The topological polar surface area (TPSA) is 81.3 Å². The van der Waals surface area contributed by atoms with Gasteiger partial charge in [-0.3, -0.25) is 4.79 Å². The van der Waals surface area contributed by atoms with E-state index in [1.54, 1.807) is 72.8 Å². The van der Waals surface area contributed by atoms with Crippen molar-refractivity contribution in [1.82, 2.24) is 4.78 Å². The van der Waals surface area contributed by atoms with Crippen molar-refractivity contribution >= 4 is 24.9 Å². The van der Waals surface area contributed by atoms with Gasteiger partial charge in [-0.1, -0.05) is 48.5 Å². The Kier molecular flexibility index (Phi) is 5.87. The normalized spacial score (nSPS) is 11.5. The highest BCUT2D eigenvalue weighted by Gasteiger charge is 2.34. The largest absolute Gasteiger partial charge is 0.559 e. The molecule has 0 bridgehead atoms. The SMILES string of the molecule is CN(/N=C/c1coc2ccccc2c1=O)P(=O)(Oc1ccccc1)Oc1ccccc1. The van der Waals surface area contributed by atoms with E-state index in [0.29, 0.717) is 22.5 Å². The summed E-state index contributed by atoms with van der Waals surface area (Å²) in [6.45, 7) is 0. The van der Waals surface area contributed by atoms with Crippen molar-refractivity contribution in [3.63, 3.8) is 0 Å². The molecule has 7 nitrogen and oxygen atoms in total. The van der Waals surface area contributed by atoms with Crippen LogP contribution in [-0.2, 0) is 4.57 Å². The van der Waals surface area contributed by atoms with Crippen LogP contribution in [0.25, 0.3) is 11.0 Å². The zero-order valence-corrected chi connectivity index (χ0v) is 17.5. The average Bonchev–Trinajstić information content (AvgIpc) is 2.80. The number of nitrogens with zero attached hydrogens (tertiary/aromatic N) is 2. The molecule has 0 fully saturated rings. The molecule has 0 saturated carbocycles. The van der Waals surface area contributed by atoms with E-state index in [0.717, 1.165) is 4.78 Å². The van der Waals surface area contributed by atoms with Crippen LogP contribution < -0.4 is 14.5 Å². The van der Waals surface area contributed by atoms with Gasteiger partial charge in [0, 0.05) is 7.05 Å². The highest BCUT2D eigenvalue weighted by molar-refractivity contribution is 7.52. The van der Waals surface area contributed by atoms with Gasteiger partial charge in [-0.25, -0.2) is 4.57 Å². The van der Waals surface area contributed by atoms with Crippen molar-refractivity contribution in [1.29, 1.82) is 0 Å². The van der Waals surface area contributed by atoms with E-state index in [-0.39, 0.29) is 11.0 Å². The Morgan fingerprint density at radius 1 is 0.871 bits per heavy atom. The van der Waals surface area contributed by atoms with E-state index in [1.807, 2.05) is 12.1 Å². The maximum atomic E-state index is 13.6. The van der Waals surface area contributed by atoms with E-state index in [1.165, 1.54) is 19.5 Å². The van der Waals surface area contributed by atoms with Gasteiger partial charge in [-0.15, -0.1) is 0 Å². The first-order valence-electron chi connectivity index (χ1n) is 9.43. The molecule has 0 spiro atoms. The fourth-order valence-corrected chi connectivity index (χ4v) is 3.98. The first-order valence-corrected chi connectivity index (χ1v) is 10.9. The first kappa shape index (κ1) is 20.4. The quantitative estimate of drug-likeness (QED) is 0.222. The summed E-state index contributed by atoms with van der Waals surface area (Å²) in [4.78, 5) is 12.7. The number of benzene rings is 3. The number of fused-ring (bicyclic) bond motifs is 1. The minimum Gasteiger partial charge on any atom is -0.463 e. The molecule has 0 aliphatic carbocycles. The molecule has 4 aromatic rings. The Morgan fingerprint density at radius 3 is 2.03 bits per heavy atom. The van der Waals surface area contributed by atoms with Gasteiger partial charge in [0.15, 0.2) is 0 Å². The Bertz CT molecular complexity index is 1260. The van der Waals surface area contributed by atoms with Crippen molar-refractivity contribution in [3.8, 4) is 11.5 Å². The minimum atomic E-state index is -3.95. The lowest BCUT2D eigenvalue weighted by Gasteiger charge is -2.24. The summed E-state index contributed by atoms with van der Waals surface area (Å²) < 4.78 is 31.6. The monoisotopic (exact) mass is 434 g/mol. The summed E-state index contributed by atoms with van der Waals surface area (Å²) in [6.07, 6.45) is 2.58. The van der Waals surface area contributed by atoms with E-state index in [2.05, 4.69) is 5.10 Å².